The molecular formula is C15H17BN2O3S. The molecule has 0 bridgehead atoms. The first-order valence-electron chi connectivity index (χ1n) is 7.06. The van der Waals surface area contributed by atoms with Crippen molar-refractivity contribution in [3.63, 3.8) is 0 Å². The lowest BCUT2D eigenvalue weighted by atomic mass is 9.64. The number of aromatic nitrogens is 1. The average Bonchev–Trinajstić information content (AvgIpc) is 2.79. The molecule has 0 fully saturated rings. The second-order valence-corrected chi connectivity index (χ2v) is 7.52. The highest BCUT2D eigenvalue weighted by molar-refractivity contribution is 7.90. The summed E-state index contributed by atoms with van der Waals surface area (Å²) in [6.45, 7) is 4.22. The second-order valence-electron chi connectivity index (χ2n) is 5.57. The van der Waals surface area contributed by atoms with Gasteiger partial charge in [-0.2, -0.15) is 0 Å². The lowest BCUT2D eigenvalue weighted by Crippen LogP contribution is -2.25. The van der Waals surface area contributed by atoms with Crippen LogP contribution in [0, 0.1) is 6.92 Å². The predicted octanol–water partition coefficient (Wildman–Crippen LogP) is 1.30. The number of nitrogen functional groups attached to an aromatic ring is 1. The summed E-state index contributed by atoms with van der Waals surface area (Å²) >= 11 is 0. The maximum absolute atomic E-state index is 12.6. The van der Waals surface area contributed by atoms with Gasteiger partial charge in [0.25, 0.3) is 0 Å². The fraction of sp³-hybridized carbons (Fsp3) is 0.267. The SMILES string of the molecule is CB1OCc2ccc(CS(=O)(=O)c3ccc(N)nc3C)cc21. The van der Waals surface area contributed by atoms with E-state index in [0.717, 1.165) is 16.6 Å². The number of anilines is 1. The highest BCUT2D eigenvalue weighted by atomic mass is 32.2. The minimum absolute atomic E-state index is 0.0116. The summed E-state index contributed by atoms with van der Waals surface area (Å²) in [5.74, 6) is 0.263. The number of pyridine rings is 1. The number of hydrogen-bond acceptors (Lipinski definition) is 5. The van der Waals surface area contributed by atoms with Crippen LogP contribution in [0.1, 0.15) is 16.8 Å². The molecule has 0 spiro atoms. The zero-order valence-corrected chi connectivity index (χ0v) is 13.4. The predicted molar refractivity (Wildman–Crippen MR) is 86.8 cm³/mol. The van der Waals surface area contributed by atoms with Crippen molar-refractivity contribution in [3.8, 4) is 0 Å². The molecule has 0 unspecified atom stereocenters. The highest BCUT2D eigenvalue weighted by Gasteiger charge is 2.25. The van der Waals surface area contributed by atoms with Crippen molar-refractivity contribution in [2.75, 3.05) is 5.73 Å². The number of hydrogen-bond donors (Lipinski definition) is 1. The summed E-state index contributed by atoms with van der Waals surface area (Å²) in [5.41, 5.74) is 8.96. The van der Waals surface area contributed by atoms with Crippen LogP contribution in [0.25, 0.3) is 0 Å². The Morgan fingerprint density at radius 2 is 2.09 bits per heavy atom. The summed E-state index contributed by atoms with van der Waals surface area (Å²) in [4.78, 5) is 4.26. The number of sulfone groups is 1. The Morgan fingerprint density at radius 3 is 2.82 bits per heavy atom. The molecule has 2 aromatic rings. The van der Waals surface area contributed by atoms with Gasteiger partial charge in [0.15, 0.2) is 9.84 Å². The van der Waals surface area contributed by atoms with E-state index in [1.54, 1.807) is 6.92 Å². The molecule has 1 aromatic heterocycles. The van der Waals surface area contributed by atoms with Crippen molar-refractivity contribution in [1.82, 2.24) is 4.98 Å². The molecule has 1 aromatic carbocycles. The van der Waals surface area contributed by atoms with Gasteiger partial charge in [-0.05, 0) is 35.6 Å². The lowest BCUT2D eigenvalue weighted by Gasteiger charge is -2.09. The van der Waals surface area contributed by atoms with Crippen LogP contribution in [-0.4, -0.2) is 20.3 Å². The van der Waals surface area contributed by atoms with Crippen LogP contribution in [0.4, 0.5) is 5.82 Å². The normalized spacial score (nSPS) is 14.2. The van der Waals surface area contributed by atoms with Crippen molar-refractivity contribution in [2.24, 2.45) is 0 Å². The van der Waals surface area contributed by atoms with Gasteiger partial charge in [-0.1, -0.05) is 25.0 Å². The van der Waals surface area contributed by atoms with E-state index in [0.29, 0.717) is 18.1 Å². The van der Waals surface area contributed by atoms with Gasteiger partial charge in [-0.3, -0.25) is 0 Å². The molecule has 22 heavy (non-hydrogen) atoms. The minimum atomic E-state index is -3.45. The van der Waals surface area contributed by atoms with Gasteiger partial charge in [0.1, 0.15) is 5.82 Å². The maximum Gasteiger partial charge on any atom is 0.324 e. The van der Waals surface area contributed by atoms with Crippen LogP contribution in [0.2, 0.25) is 6.82 Å². The number of rotatable bonds is 3. The monoisotopic (exact) mass is 316 g/mol. The third kappa shape index (κ3) is 2.74. The summed E-state index contributed by atoms with van der Waals surface area (Å²) in [7, 11) is -3.45. The van der Waals surface area contributed by atoms with Crippen LogP contribution < -0.4 is 11.2 Å². The van der Waals surface area contributed by atoms with Gasteiger partial charge in [-0.15, -0.1) is 0 Å². The van der Waals surface area contributed by atoms with Gasteiger partial charge in [-0.25, -0.2) is 13.4 Å². The molecule has 114 valence electrons. The first kappa shape index (κ1) is 15.1. The third-order valence-corrected chi connectivity index (χ3v) is 5.70. The zero-order chi connectivity index (χ0) is 15.9. The van der Waals surface area contributed by atoms with E-state index >= 15 is 0 Å². The minimum Gasteiger partial charge on any atom is -0.427 e. The zero-order valence-electron chi connectivity index (χ0n) is 12.5. The van der Waals surface area contributed by atoms with Gasteiger partial charge in [0, 0.05) is 0 Å². The standard InChI is InChI=1S/C15H17BN2O3S/c1-10-14(5-6-15(17)18-10)22(19,20)9-11-3-4-12-8-21-16(2)13(12)7-11/h3-7H,8-9H2,1-2H3,(H2,17,18). The van der Waals surface area contributed by atoms with Crippen molar-refractivity contribution < 1.29 is 13.1 Å². The van der Waals surface area contributed by atoms with E-state index in [9.17, 15) is 8.42 Å². The van der Waals surface area contributed by atoms with E-state index in [1.165, 1.54) is 12.1 Å². The summed E-state index contributed by atoms with van der Waals surface area (Å²) < 4.78 is 30.8. The van der Waals surface area contributed by atoms with Gasteiger partial charge >= 0.3 is 6.92 Å². The first-order chi connectivity index (χ1) is 10.4. The topological polar surface area (TPSA) is 82.3 Å². The molecule has 0 radical (unpaired) electrons. The summed E-state index contributed by atoms with van der Waals surface area (Å²) in [5, 5.41) is 0. The average molecular weight is 316 g/mol. The Kier molecular flexibility index (Phi) is 3.70. The molecule has 2 heterocycles. The van der Waals surface area contributed by atoms with Crippen LogP contribution >= 0.6 is 0 Å². The van der Waals surface area contributed by atoms with Gasteiger partial charge in [0.05, 0.1) is 22.9 Å². The quantitative estimate of drug-likeness (QED) is 0.863. The molecule has 7 heteroatoms. The van der Waals surface area contributed by atoms with E-state index in [-0.39, 0.29) is 17.6 Å². The Balaban J connectivity index is 1.93. The van der Waals surface area contributed by atoms with Crippen molar-refractivity contribution in [2.45, 2.75) is 31.0 Å². The van der Waals surface area contributed by atoms with E-state index in [4.69, 9.17) is 10.4 Å². The van der Waals surface area contributed by atoms with E-state index in [2.05, 4.69) is 4.98 Å². The fourth-order valence-corrected chi connectivity index (χ4v) is 4.29. The van der Waals surface area contributed by atoms with Crippen LogP contribution in [0.3, 0.4) is 0 Å². The van der Waals surface area contributed by atoms with E-state index < -0.39 is 9.84 Å². The fourth-order valence-electron chi connectivity index (χ4n) is 2.74. The molecule has 3 rings (SSSR count). The molecule has 5 nitrogen and oxygen atoms in total. The molecule has 0 amide bonds. The molecule has 2 N–H and O–H groups in total. The van der Waals surface area contributed by atoms with E-state index in [1.807, 2.05) is 25.0 Å². The summed E-state index contributed by atoms with van der Waals surface area (Å²) in [6, 6.07) is 8.74. The molecule has 0 saturated heterocycles. The van der Waals surface area contributed by atoms with Crippen LogP contribution in [0.5, 0.6) is 0 Å². The highest BCUT2D eigenvalue weighted by Crippen LogP contribution is 2.21. The summed E-state index contributed by atoms with van der Waals surface area (Å²) in [6.07, 6.45) is 0. The number of nitrogens with two attached hydrogens (primary N) is 1. The Labute approximate surface area is 130 Å². The largest absolute Gasteiger partial charge is 0.427 e. The first-order valence-corrected chi connectivity index (χ1v) is 8.71. The van der Waals surface area contributed by atoms with Crippen molar-refractivity contribution >= 4 is 28.0 Å². The molecule has 1 aliphatic rings. The third-order valence-electron chi connectivity index (χ3n) is 3.89. The number of nitrogens with zero attached hydrogens (tertiary/aromatic N) is 1. The molecule has 1 aliphatic heterocycles. The van der Waals surface area contributed by atoms with Crippen LogP contribution in [-0.2, 0) is 26.9 Å². The number of aryl methyl sites for hydroxylation is 1. The number of fused-ring (bicyclic) bond motifs is 1. The second kappa shape index (κ2) is 5.41. The Hall–Kier alpha value is -1.86. The number of benzene rings is 1. The van der Waals surface area contributed by atoms with Gasteiger partial charge < -0.3 is 10.4 Å². The van der Waals surface area contributed by atoms with Crippen molar-refractivity contribution in [1.29, 1.82) is 0 Å². The van der Waals surface area contributed by atoms with Gasteiger partial charge in [0.2, 0.25) is 0 Å². The maximum atomic E-state index is 12.6. The molecule has 0 aliphatic carbocycles. The van der Waals surface area contributed by atoms with Crippen LogP contribution in [0.15, 0.2) is 35.2 Å². The smallest absolute Gasteiger partial charge is 0.324 e. The Bertz CT molecular complexity index is 837. The Morgan fingerprint density at radius 1 is 1.32 bits per heavy atom. The van der Waals surface area contributed by atoms with Crippen molar-refractivity contribution in [3.05, 3.63) is 47.2 Å². The molecule has 0 atom stereocenters. The molecular weight excluding hydrogens is 299 g/mol. The molecule has 0 saturated carbocycles. The lowest BCUT2D eigenvalue weighted by molar-refractivity contribution is 0.333.